The molecule has 2 aliphatic heterocycles. The van der Waals surface area contributed by atoms with Gasteiger partial charge in [0.25, 0.3) is 5.91 Å². The molecule has 0 bridgehead atoms. The van der Waals surface area contributed by atoms with Crippen molar-refractivity contribution in [3.05, 3.63) is 41.4 Å². The molecule has 2 aromatic rings. The van der Waals surface area contributed by atoms with Gasteiger partial charge in [-0.05, 0) is 57.8 Å². The van der Waals surface area contributed by atoms with E-state index in [-0.39, 0.29) is 35.5 Å². The van der Waals surface area contributed by atoms with Gasteiger partial charge < -0.3 is 4.52 Å². The van der Waals surface area contributed by atoms with Gasteiger partial charge in [0.15, 0.2) is 5.58 Å². The number of fused-ring (bicyclic) bond motifs is 2. The van der Waals surface area contributed by atoms with Crippen LogP contribution in [-0.4, -0.2) is 52.4 Å². The molecule has 0 saturated carbocycles. The standard InChI is InChI=1S/C22H24FN3O3/c1-2-26-21(27)16-4-3-5-17(19(16)22(26)28)25-10-8-13(9-11-25)20-15-7-6-14(23)12-18(15)29-24-20/h4,6-7,12-13,17,19H,2-3,5,8-11H2,1H3. The van der Waals surface area contributed by atoms with Crippen molar-refractivity contribution in [1.82, 2.24) is 15.0 Å². The zero-order chi connectivity index (χ0) is 20.1. The van der Waals surface area contributed by atoms with Gasteiger partial charge in [0.05, 0.1) is 11.6 Å². The number of carbonyl (C=O) groups is 2. The third-order valence-electron chi connectivity index (χ3n) is 6.73. The third-order valence-corrected chi connectivity index (χ3v) is 6.73. The number of benzene rings is 1. The number of carbonyl (C=O) groups excluding carboxylic acids is 2. The van der Waals surface area contributed by atoms with Gasteiger partial charge in [-0.15, -0.1) is 0 Å². The lowest BCUT2D eigenvalue weighted by Gasteiger charge is -2.40. The first-order chi connectivity index (χ1) is 14.1. The topological polar surface area (TPSA) is 66.7 Å². The average Bonchev–Trinajstić information content (AvgIpc) is 3.26. The van der Waals surface area contributed by atoms with Gasteiger partial charge in [0.1, 0.15) is 5.82 Å². The highest BCUT2D eigenvalue weighted by molar-refractivity contribution is 6.15. The summed E-state index contributed by atoms with van der Waals surface area (Å²) < 4.78 is 18.7. The van der Waals surface area contributed by atoms with Gasteiger partial charge >= 0.3 is 0 Å². The maximum absolute atomic E-state index is 13.4. The summed E-state index contributed by atoms with van der Waals surface area (Å²) in [6.07, 6.45) is 5.51. The van der Waals surface area contributed by atoms with Crippen LogP contribution >= 0.6 is 0 Å². The van der Waals surface area contributed by atoms with E-state index in [1.807, 2.05) is 13.0 Å². The van der Waals surface area contributed by atoms with E-state index in [1.165, 1.54) is 17.0 Å². The van der Waals surface area contributed by atoms with Crippen LogP contribution in [0.15, 0.2) is 34.4 Å². The fourth-order valence-corrected chi connectivity index (χ4v) is 5.27. The van der Waals surface area contributed by atoms with Crippen molar-refractivity contribution in [3.63, 3.8) is 0 Å². The lowest BCUT2D eigenvalue weighted by Crippen LogP contribution is -2.48. The van der Waals surface area contributed by atoms with Gasteiger partial charge in [0, 0.05) is 35.5 Å². The number of hydrogen-bond acceptors (Lipinski definition) is 5. The fraction of sp³-hybridized carbons (Fsp3) is 0.500. The van der Waals surface area contributed by atoms with E-state index in [0.29, 0.717) is 17.7 Å². The number of likely N-dealkylation sites (tertiary alicyclic amines) is 2. The second-order valence-corrected chi connectivity index (χ2v) is 8.19. The first-order valence-electron chi connectivity index (χ1n) is 10.4. The Bertz CT molecular complexity index is 1010. The molecule has 5 rings (SSSR count). The van der Waals surface area contributed by atoms with Crippen molar-refractivity contribution in [2.45, 2.75) is 44.6 Å². The number of piperidine rings is 1. The van der Waals surface area contributed by atoms with Crippen LogP contribution in [0.1, 0.15) is 44.2 Å². The second kappa shape index (κ2) is 7.06. The molecule has 6 nitrogen and oxygen atoms in total. The molecular weight excluding hydrogens is 373 g/mol. The SMILES string of the molecule is CCN1C(=O)C2=CCCC(N3CCC(c4noc5cc(F)ccc45)CC3)C2C1=O. The first kappa shape index (κ1) is 18.5. The summed E-state index contributed by atoms with van der Waals surface area (Å²) >= 11 is 0. The van der Waals surface area contributed by atoms with Crippen molar-refractivity contribution < 1.29 is 18.5 Å². The highest BCUT2D eigenvalue weighted by atomic mass is 19.1. The second-order valence-electron chi connectivity index (χ2n) is 8.19. The number of amides is 2. The predicted molar refractivity (Wildman–Crippen MR) is 105 cm³/mol. The van der Waals surface area contributed by atoms with E-state index < -0.39 is 0 Å². The summed E-state index contributed by atoms with van der Waals surface area (Å²) in [5, 5.41) is 5.10. The molecule has 0 radical (unpaired) electrons. The minimum Gasteiger partial charge on any atom is -0.356 e. The first-order valence-corrected chi connectivity index (χ1v) is 10.4. The molecule has 7 heteroatoms. The number of halogens is 1. The number of rotatable bonds is 3. The van der Waals surface area contributed by atoms with Gasteiger partial charge in [-0.25, -0.2) is 4.39 Å². The summed E-state index contributed by atoms with van der Waals surface area (Å²) in [5.41, 5.74) is 2.08. The fourth-order valence-electron chi connectivity index (χ4n) is 5.27. The van der Waals surface area contributed by atoms with E-state index in [0.717, 1.165) is 49.9 Å². The molecule has 1 aromatic heterocycles. The molecular formula is C22H24FN3O3. The van der Waals surface area contributed by atoms with E-state index in [1.54, 1.807) is 6.07 Å². The number of nitrogens with zero attached hydrogens (tertiary/aromatic N) is 3. The molecule has 1 aromatic carbocycles. The van der Waals surface area contributed by atoms with Crippen LogP contribution in [-0.2, 0) is 9.59 Å². The largest absolute Gasteiger partial charge is 0.356 e. The summed E-state index contributed by atoms with van der Waals surface area (Å²) in [7, 11) is 0. The molecule has 0 spiro atoms. The van der Waals surface area contributed by atoms with Crippen LogP contribution in [0, 0.1) is 11.7 Å². The number of imide groups is 1. The number of hydrogen-bond donors (Lipinski definition) is 0. The lowest BCUT2D eigenvalue weighted by atomic mass is 9.82. The molecule has 0 N–H and O–H groups in total. The monoisotopic (exact) mass is 397 g/mol. The Hall–Kier alpha value is -2.54. The van der Waals surface area contributed by atoms with Gasteiger partial charge in [-0.1, -0.05) is 11.2 Å². The zero-order valence-electron chi connectivity index (χ0n) is 16.4. The summed E-state index contributed by atoms with van der Waals surface area (Å²) in [5.74, 6) is -0.537. The van der Waals surface area contributed by atoms with Gasteiger partial charge in [-0.2, -0.15) is 0 Å². The Morgan fingerprint density at radius 1 is 1.21 bits per heavy atom. The summed E-state index contributed by atoms with van der Waals surface area (Å²) in [6, 6.07) is 4.64. The molecule has 1 aliphatic carbocycles. The molecule has 2 atom stereocenters. The van der Waals surface area contributed by atoms with Gasteiger partial charge in [0.2, 0.25) is 5.91 Å². The van der Waals surface area contributed by atoms with Crippen LogP contribution in [0.25, 0.3) is 11.0 Å². The molecule has 3 aliphatic rings. The number of aromatic nitrogens is 1. The number of likely N-dealkylation sites (N-methyl/N-ethyl adjacent to an activating group) is 1. The Morgan fingerprint density at radius 3 is 2.76 bits per heavy atom. The van der Waals surface area contributed by atoms with Crippen molar-refractivity contribution in [2.24, 2.45) is 5.92 Å². The van der Waals surface area contributed by atoms with Crippen molar-refractivity contribution in [2.75, 3.05) is 19.6 Å². The molecule has 3 heterocycles. The van der Waals surface area contributed by atoms with Crippen LogP contribution in [0.3, 0.4) is 0 Å². The maximum Gasteiger partial charge on any atom is 0.256 e. The lowest BCUT2D eigenvalue weighted by molar-refractivity contribution is -0.139. The van der Waals surface area contributed by atoms with Crippen LogP contribution in [0.5, 0.6) is 0 Å². The third kappa shape index (κ3) is 2.90. The van der Waals surface area contributed by atoms with E-state index in [2.05, 4.69) is 10.1 Å². The van der Waals surface area contributed by atoms with Crippen LogP contribution in [0.2, 0.25) is 0 Å². The zero-order valence-corrected chi connectivity index (χ0v) is 16.4. The Kier molecular flexibility index (Phi) is 4.50. The molecule has 2 fully saturated rings. The van der Waals surface area contributed by atoms with Crippen molar-refractivity contribution in [3.8, 4) is 0 Å². The molecule has 2 unspecified atom stereocenters. The predicted octanol–water partition coefficient (Wildman–Crippen LogP) is 3.24. The van der Waals surface area contributed by atoms with E-state index in [4.69, 9.17) is 4.52 Å². The highest BCUT2D eigenvalue weighted by Crippen LogP contribution is 2.40. The van der Waals surface area contributed by atoms with E-state index in [9.17, 15) is 14.0 Å². The Balaban J connectivity index is 1.32. The summed E-state index contributed by atoms with van der Waals surface area (Å²) in [4.78, 5) is 29.1. The van der Waals surface area contributed by atoms with E-state index >= 15 is 0 Å². The highest BCUT2D eigenvalue weighted by Gasteiger charge is 2.49. The number of allylic oxidation sites excluding steroid dienone is 1. The quantitative estimate of drug-likeness (QED) is 0.744. The van der Waals surface area contributed by atoms with Crippen LogP contribution < -0.4 is 0 Å². The Morgan fingerprint density at radius 2 is 2.00 bits per heavy atom. The smallest absolute Gasteiger partial charge is 0.256 e. The average molecular weight is 397 g/mol. The molecule has 152 valence electrons. The van der Waals surface area contributed by atoms with Gasteiger partial charge in [-0.3, -0.25) is 19.4 Å². The molecule has 2 amide bonds. The van der Waals surface area contributed by atoms with Crippen molar-refractivity contribution >= 4 is 22.8 Å². The van der Waals surface area contributed by atoms with Crippen LogP contribution in [0.4, 0.5) is 4.39 Å². The maximum atomic E-state index is 13.4. The minimum absolute atomic E-state index is 0.0416. The normalized spacial score (nSPS) is 26.3. The Labute approximate surface area is 168 Å². The van der Waals surface area contributed by atoms with Crippen molar-refractivity contribution in [1.29, 1.82) is 0 Å². The minimum atomic E-state index is -0.326. The molecule has 2 saturated heterocycles. The summed E-state index contributed by atoms with van der Waals surface area (Å²) in [6.45, 7) is 3.98. The molecule has 29 heavy (non-hydrogen) atoms.